The minimum atomic E-state index is 0.739. The van der Waals surface area contributed by atoms with Crippen molar-refractivity contribution in [3.8, 4) is 11.3 Å². The van der Waals surface area contributed by atoms with Crippen molar-refractivity contribution in [3.63, 3.8) is 0 Å². The average Bonchev–Trinajstić information content (AvgIpc) is 2.99. The lowest BCUT2D eigenvalue weighted by atomic mass is 10.1. The summed E-state index contributed by atoms with van der Waals surface area (Å²) >= 11 is 0. The van der Waals surface area contributed by atoms with E-state index >= 15 is 0 Å². The van der Waals surface area contributed by atoms with E-state index in [0.717, 1.165) is 28.4 Å². The van der Waals surface area contributed by atoms with Crippen LogP contribution in [0.5, 0.6) is 0 Å². The molecule has 0 unspecified atom stereocenters. The van der Waals surface area contributed by atoms with Gasteiger partial charge < -0.3 is 0 Å². The molecule has 0 amide bonds. The van der Waals surface area contributed by atoms with E-state index in [9.17, 15) is 0 Å². The van der Waals surface area contributed by atoms with Crippen molar-refractivity contribution < 1.29 is 0 Å². The molecule has 0 atom stereocenters. The molecule has 25 heavy (non-hydrogen) atoms. The molecule has 0 aliphatic heterocycles. The Morgan fingerprint density at radius 2 is 1.56 bits per heavy atom. The van der Waals surface area contributed by atoms with Crippen molar-refractivity contribution in [2.75, 3.05) is 0 Å². The highest BCUT2D eigenvalue weighted by atomic mass is 15.2. The summed E-state index contributed by atoms with van der Waals surface area (Å²) in [6.07, 6.45) is 1.99. The van der Waals surface area contributed by atoms with Crippen molar-refractivity contribution in [1.82, 2.24) is 9.38 Å². The number of nitrogens with zero attached hydrogens (tertiary/aromatic N) is 4. The molecular formula is C21H18N4. The molecule has 4 nitrogen and oxygen atoms in total. The Bertz CT molecular complexity index is 1040. The highest BCUT2D eigenvalue weighted by Gasteiger charge is 2.14. The minimum absolute atomic E-state index is 0.739. The molecule has 4 rings (SSSR count). The van der Waals surface area contributed by atoms with Gasteiger partial charge in [-0.3, -0.25) is 4.40 Å². The number of aryl methyl sites for hydroxylation is 2. The Balaban J connectivity index is 1.89. The van der Waals surface area contributed by atoms with E-state index in [-0.39, 0.29) is 0 Å². The Labute approximate surface area is 146 Å². The first kappa shape index (κ1) is 15.3. The van der Waals surface area contributed by atoms with Crippen LogP contribution < -0.4 is 0 Å². The second kappa shape index (κ2) is 6.32. The Morgan fingerprint density at radius 1 is 0.800 bits per heavy atom. The monoisotopic (exact) mass is 326 g/mol. The van der Waals surface area contributed by atoms with Crippen LogP contribution >= 0.6 is 0 Å². The molecule has 0 radical (unpaired) electrons. The van der Waals surface area contributed by atoms with E-state index in [4.69, 9.17) is 4.98 Å². The van der Waals surface area contributed by atoms with E-state index in [1.165, 1.54) is 11.1 Å². The van der Waals surface area contributed by atoms with Gasteiger partial charge in [-0.1, -0.05) is 48.0 Å². The lowest BCUT2D eigenvalue weighted by Crippen LogP contribution is -1.84. The average molecular weight is 326 g/mol. The topological polar surface area (TPSA) is 42.0 Å². The number of imidazole rings is 1. The van der Waals surface area contributed by atoms with Crippen LogP contribution in [0.2, 0.25) is 0 Å². The SMILES string of the molecule is Cc1ccc(-c2nc3cc(C)ccn3c2N=Nc2ccccc2)cc1. The van der Waals surface area contributed by atoms with E-state index in [1.54, 1.807) is 0 Å². The lowest BCUT2D eigenvalue weighted by molar-refractivity contribution is 1.10. The molecule has 2 aromatic carbocycles. The Kier molecular flexibility index (Phi) is 3.86. The summed E-state index contributed by atoms with van der Waals surface area (Å²) in [6.45, 7) is 4.14. The smallest absolute Gasteiger partial charge is 0.187 e. The number of fused-ring (bicyclic) bond motifs is 1. The van der Waals surface area contributed by atoms with Gasteiger partial charge in [0, 0.05) is 11.8 Å². The summed E-state index contributed by atoms with van der Waals surface area (Å²) in [6, 6.07) is 22.2. The summed E-state index contributed by atoms with van der Waals surface area (Å²) in [7, 11) is 0. The quantitative estimate of drug-likeness (QED) is 0.424. The van der Waals surface area contributed by atoms with Crippen molar-refractivity contribution in [3.05, 3.63) is 84.1 Å². The van der Waals surface area contributed by atoms with Gasteiger partial charge in [0.1, 0.15) is 11.3 Å². The fraction of sp³-hybridized carbons (Fsp3) is 0.0952. The molecule has 122 valence electrons. The zero-order chi connectivity index (χ0) is 17.2. The van der Waals surface area contributed by atoms with Crippen LogP contribution in [0.3, 0.4) is 0 Å². The fourth-order valence-electron chi connectivity index (χ4n) is 2.73. The molecule has 2 aromatic heterocycles. The predicted octanol–water partition coefficient (Wildman–Crippen LogP) is 6.03. The zero-order valence-corrected chi connectivity index (χ0v) is 14.2. The van der Waals surface area contributed by atoms with Gasteiger partial charge in [0.15, 0.2) is 5.82 Å². The zero-order valence-electron chi connectivity index (χ0n) is 14.2. The highest BCUT2D eigenvalue weighted by molar-refractivity contribution is 5.74. The fourth-order valence-corrected chi connectivity index (χ4v) is 2.73. The standard InChI is InChI=1S/C21H18N4/c1-15-8-10-17(11-9-15)20-21(24-23-18-6-4-3-5-7-18)25-13-12-16(2)14-19(25)22-20/h3-14H,1-2H3. The first-order valence-electron chi connectivity index (χ1n) is 8.23. The molecule has 0 saturated heterocycles. The van der Waals surface area contributed by atoms with Gasteiger partial charge in [-0.15, -0.1) is 10.2 Å². The van der Waals surface area contributed by atoms with E-state index < -0.39 is 0 Å². The van der Waals surface area contributed by atoms with Crippen molar-refractivity contribution in [1.29, 1.82) is 0 Å². The summed E-state index contributed by atoms with van der Waals surface area (Å²) in [4.78, 5) is 4.79. The minimum Gasteiger partial charge on any atom is -0.283 e. The van der Waals surface area contributed by atoms with Crippen molar-refractivity contribution in [2.24, 2.45) is 10.2 Å². The number of hydrogen-bond donors (Lipinski definition) is 0. The summed E-state index contributed by atoms with van der Waals surface area (Å²) in [5.41, 5.74) is 5.95. The largest absolute Gasteiger partial charge is 0.283 e. The molecule has 0 bridgehead atoms. The van der Waals surface area contributed by atoms with Crippen LogP contribution in [0, 0.1) is 13.8 Å². The van der Waals surface area contributed by atoms with Crippen LogP contribution in [0.1, 0.15) is 11.1 Å². The maximum Gasteiger partial charge on any atom is 0.187 e. The van der Waals surface area contributed by atoms with Gasteiger partial charge in [-0.2, -0.15) is 0 Å². The first-order chi connectivity index (χ1) is 12.2. The van der Waals surface area contributed by atoms with Gasteiger partial charge >= 0.3 is 0 Å². The maximum absolute atomic E-state index is 4.79. The van der Waals surface area contributed by atoms with E-state index in [0.29, 0.717) is 0 Å². The molecule has 0 fully saturated rings. The lowest BCUT2D eigenvalue weighted by Gasteiger charge is -2.01. The molecule has 4 aromatic rings. The Morgan fingerprint density at radius 3 is 2.32 bits per heavy atom. The summed E-state index contributed by atoms with van der Waals surface area (Å²) in [5.74, 6) is 0.739. The molecule has 0 N–H and O–H groups in total. The normalized spacial score (nSPS) is 11.4. The summed E-state index contributed by atoms with van der Waals surface area (Å²) in [5, 5.41) is 8.91. The number of azo groups is 1. The van der Waals surface area contributed by atoms with Gasteiger partial charge in [0.2, 0.25) is 0 Å². The van der Waals surface area contributed by atoms with Crippen LogP contribution in [0.15, 0.2) is 83.2 Å². The number of pyridine rings is 1. The molecule has 0 saturated carbocycles. The third-order valence-electron chi connectivity index (χ3n) is 4.10. The molecule has 2 heterocycles. The third kappa shape index (κ3) is 3.06. The predicted molar refractivity (Wildman–Crippen MR) is 101 cm³/mol. The van der Waals surface area contributed by atoms with Crippen LogP contribution in [-0.4, -0.2) is 9.38 Å². The molecule has 0 aliphatic carbocycles. The second-order valence-corrected chi connectivity index (χ2v) is 6.12. The molecule has 0 aliphatic rings. The first-order valence-corrected chi connectivity index (χ1v) is 8.23. The molecule has 4 heteroatoms. The van der Waals surface area contributed by atoms with Crippen LogP contribution in [0.25, 0.3) is 16.9 Å². The maximum atomic E-state index is 4.79. The number of aromatic nitrogens is 2. The number of benzene rings is 2. The number of rotatable bonds is 3. The van der Waals surface area contributed by atoms with E-state index in [1.807, 2.05) is 40.9 Å². The van der Waals surface area contributed by atoms with Crippen LogP contribution in [-0.2, 0) is 0 Å². The van der Waals surface area contributed by atoms with Crippen molar-refractivity contribution >= 4 is 17.2 Å². The van der Waals surface area contributed by atoms with E-state index in [2.05, 4.69) is 60.5 Å². The summed E-state index contributed by atoms with van der Waals surface area (Å²) < 4.78 is 1.98. The molecule has 0 spiro atoms. The number of hydrogen-bond acceptors (Lipinski definition) is 3. The van der Waals surface area contributed by atoms with Gasteiger partial charge in [-0.25, -0.2) is 4.98 Å². The third-order valence-corrected chi connectivity index (χ3v) is 4.10. The second-order valence-electron chi connectivity index (χ2n) is 6.12. The van der Waals surface area contributed by atoms with Crippen LogP contribution in [0.4, 0.5) is 11.5 Å². The highest BCUT2D eigenvalue weighted by Crippen LogP contribution is 2.32. The van der Waals surface area contributed by atoms with Gasteiger partial charge in [0.05, 0.1) is 5.69 Å². The van der Waals surface area contributed by atoms with Gasteiger partial charge in [0.25, 0.3) is 0 Å². The van der Waals surface area contributed by atoms with Crippen molar-refractivity contribution in [2.45, 2.75) is 13.8 Å². The van der Waals surface area contributed by atoms with Gasteiger partial charge in [-0.05, 0) is 43.7 Å². The Hall–Kier alpha value is -3.27. The molecular weight excluding hydrogens is 308 g/mol.